The van der Waals surface area contributed by atoms with Crippen molar-refractivity contribution in [2.45, 2.75) is 18.9 Å². The number of piperidine rings is 1. The smallest absolute Gasteiger partial charge is 0.262 e. The van der Waals surface area contributed by atoms with Crippen LogP contribution in [0.2, 0.25) is 0 Å². The Bertz CT molecular complexity index is 559. The Morgan fingerprint density at radius 2 is 2.24 bits per heavy atom. The molecule has 1 aromatic rings. The van der Waals surface area contributed by atoms with Crippen molar-refractivity contribution in [1.29, 1.82) is 0 Å². The maximum atomic E-state index is 11.5. The van der Waals surface area contributed by atoms with Crippen LogP contribution in [0.25, 0.3) is 0 Å². The third-order valence-electron chi connectivity index (χ3n) is 4.23. The molecule has 1 atom stereocenters. The standard InChI is InChI=1S/C15H22N4O2/c1-18(2)10-4-3-5-19(8-10)13-7-12-14(6-11(13)16)21-9-15(20)17-12/h6-7,10H,3-5,8-9,16H2,1-2H3,(H,17,20). The molecule has 0 spiro atoms. The van der Waals surface area contributed by atoms with Crippen LogP contribution in [0, 0.1) is 0 Å². The van der Waals surface area contributed by atoms with Gasteiger partial charge in [-0.25, -0.2) is 0 Å². The van der Waals surface area contributed by atoms with Crippen molar-refractivity contribution >= 4 is 23.0 Å². The summed E-state index contributed by atoms with van der Waals surface area (Å²) in [5.41, 5.74) is 8.57. The van der Waals surface area contributed by atoms with E-state index in [-0.39, 0.29) is 12.5 Å². The molecule has 0 radical (unpaired) electrons. The van der Waals surface area contributed by atoms with Gasteiger partial charge in [0.1, 0.15) is 5.75 Å². The Morgan fingerprint density at radius 1 is 1.43 bits per heavy atom. The predicted octanol–water partition coefficient (Wildman–Crippen LogP) is 1.13. The van der Waals surface area contributed by atoms with Crippen molar-refractivity contribution in [3.63, 3.8) is 0 Å². The first-order valence-electron chi connectivity index (χ1n) is 7.32. The van der Waals surface area contributed by atoms with Crippen molar-refractivity contribution in [2.75, 3.05) is 49.7 Å². The number of nitrogens with two attached hydrogens (primary N) is 1. The summed E-state index contributed by atoms with van der Waals surface area (Å²) in [6, 6.07) is 4.27. The lowest BCUT2D eigenvalue weighted by atomic mass is 10.0. The Balaban J connectivity index is 1.88. The van der Waals surface area contributed by atoms with E-state index in [1.165, 1.54) is 6.42 Å². The van der Waals surface area contributed by atoms with Crippen molar-refractivity contribution < 1.29 is 9.53 Å². The molecule has 2 heterocycles. The number of nitrogens with one attached hydrogen (secondary N) is 1. The number of nitrogens with zero attached hydrogens (tertiary/aromatic N) is 2. The summed E-state index contributed by atoms with van der Waals surface area (Å²) in [6.07, 6.45) is 2.34. The van der Waals surface area contributed by atoms with Crippen LogP contribution in [0.5, 0.6) is 5.75 Å². The largest absolute Gasteiger partial charge is 0.482 e. The van der Waals surface area contributed by atoms with Crippen LogP contribution >= 0.6 is 0 Å². The average Bonchev–Trinajstić information content (AvgIpc) is 2.47. The zero-order valence-corrected chi connectivity index (χ0v) is 12.6. The highest BCUT2D eigenvalue weighted by Crippen LogP contribution is 2.38. The third kappa shape index (κ3) is 2.76. The minimum Gasteiger partial charge on any atom is -0.482 e. The maximum Gasteiger partial charge on any atom is 0.262 e. The normalized spacial score (nSPS) is 21.8. The highest BCUT2D eigenvalue weighted by atomic mass is 16.5. The summed E-state index contributed by atoms with van der Waals surface area (Å²) in [4.78, 5) is 16.0. The lowest BCUT2D eigenvalue weighted by Gasteiger charge is -2.38. The Labute approximate surface area is 124 Å². The van der Waals surface area contributed by atoms with Gasteiger partial charge in [-0.3, -0.25) is 4.79 Å². The highest BCUT2D eigenvalue weighted by molar-refractivity contribution is 5.97. The molecule has 21 heavy (non-hydrogen) atoms. The SMILES string of the molecule is CN(C)C1CCCN(c2cc3c(cc2N)OCC(=O)N3)C1. The summed E-state index contributed by atoms with van der Waals surface area (Å²) < 4.78 is 5.40. The van der Waals surface area contributed by atoms with Gasteiger partial charge in [0.15, 0.2) is 6.61 Å². The maximum absolute atomic E-state index is 11.5. The van der Waals surface area contributed by atoms with Crippen molar-refractivity contribution in [3.8, 4) is 5.75 Å². The van der Waals surface area contributed by atoms with Gasteiger partial charge in [0.2, 0.25) is 0 Å². The molecule has 2 aliphatic rings. The number of benzene rings is 1. The first-order chi connectivity index (χ1) is 10.0. The van der Waals surface area contributed by atoms with Gasteiger partial charge < -0.3 is 25.6 Å². The Kier molecular flexibility index (Phi) is 3.63. The number of anilines is 3. The summed E-state index contributed by atoms with van der Waals surface area (Å²) in [5.74, 6) is 0.528. The summed E-state index contributed by atoms with van der Waals surface area (Å²) in [6.45, 7) is 1.99. The van der Waals surface area contributed by atoms with E-state index >= 15 is 0 Å². The van der Waals surface area contributed by atoms with Gasteiger partial charge in [-0.2, -0.15) is 0 Å². The Morgan fingerprint density at radius 3 is 3.00 bits per heavy atom. The molecule has 1 saturated heterocycles. The van der Waals surface area contributed by atoms with E-state index < -0.39 is 0 Å². The topological polar surface area (TPSA) is 70.8 Å². The molecule has 6 heteroatoms. The van der Waals surface area contributed by atoms with Gasteiger partial charge >= 0.3 is 0 Å². The number of carbonyl (C=O) groups excluding carboxylic acids is 1. The van der Waals surface area contributed by atoms with Gasteiger partial charge in [-0.1, -0.05) is 0 Å². The lowest BCUT2D eigenvalue weighted by molar-refractivity contribution is -0.118. The second-order valence-corrected chi connectivity index (χ2v) is 5.95. The van der Waals surface area contributed by atoms with Gasteiger partial charge in [0, 0.05) is 25.2 Å². The zero-order chi connectivity index (χ0) is 15.0. The van der Waals surface area contributed by atoms with E-state index in [1.807, 2.05) is 12.1 Å². The van der Waals surface area contributed by atoms with E-state index in [0.29, 0.717) is 23.2 Å². The van der Waals surface area contributed by atoms with Crippen LogP contribution in [-0.4, -0.2) is 50.6 Å². The second-order valence-electron chi connectivity index (χ2n) is 5.95. The number of rotatable bonds is 2. The average molecular weight is 290 g/mol. The molecule has 1 amide bonds. The van der Waals surface area contributed by atoms with E-state index in [9.17, 15) is 4.79 Å². The van der Waals surface area contributed by atoms with E-state index in [1.54, 1.807) is 0 Å². The van der Waals surface area contributed by atoms with Crippen molar-refractivity contribution in [1.82, 2.24) is 4.90 Å². The van der Waals surface area contributed by atoms with Crippen molar-refractivity contribution in [3.05, 3.63) is 12.1 Å². The minimum atomic E-state index is -0.122. The third-order valence-corrected chi connectivity index (χ3v) is 4.23. The van der Waals surface area contributed by atoms with Crippen molar-refractivity contribution in [2.24, 2.45) is 0 Å². The molecule has 3 N–H and O–H groups in total. The molecule has 1 aromatic carbocycles. The van der Waals surface area contributed by atoms with Gasteiger partial charge in [0.25, 0.3) is 5.91 Å². The van der Waals surface area contributed by atoms with Crippen LogP contribution in [0.1, 0.15) is 12.8 Å². The first-order valence-corrected chi connectivity index (χ1v) is 7.32. The molecule has 0 aliphatic carbocycles. The molecule has 0 aromatic heterocycles. The van der Waals surface area contributed by atoms with E-state index in [2.05, 4.69) is 29.2 Å². The second kappa shape index (κ2) is 5.44. The monoisotopic (exact) mass is 290 g/mol. The number of hydrogen-bond donors (Lipinski definition) is 2. The molecule has 114 valence electrons. The molecule has 1 unspecified atom stereocenters. The van der Waals surface area contributed by atoms with Gasteiger partial charge in [-0.05, 0) is 33.0 Å². The molecule has 1 fully saturated rings. The molecule has 0 bridgehead atoms. The number of likely N-dealkylation sites (N-methyl/N-ethyl adjacent to an activating group) is 1. The first kappa shape index (κ1) is 14.0. The molecule has 2 aliphatic heterocycles. The minimum absolute atomic E-state index is 0.0538. The quantitative estimate of drug-likeness (QED) is 0.799. The van der Waals surface area contributed by atoms with Crippen LogP contribution in [0.3, 0.4) is 0 Å². The number of carbonyl (C=O) groups is 1. The fraction of sp³-hybridized carbons (Fsp3) is 0.533. The number of amides is 1. The van der Waals surface area contributed by atoms with Crippen LogP contribution in [-0.2, 0) is 4.79 Å². The molecular weight excluding hydrogens is 268 g/mol. The molecule has 3 rings (SSSR count). The van der Waals surface area contributed by atoms with Crippen LogP contribution < -0.4 is 20.7 Å². The highest BCUT2D eigenvalue weighted by Gasteiger charge is 2.25. The van der Waals surface area contributed by atoms with Gasteiger partial charge in [0.05, 0.1) is 17.1 Å². The number of ether oxygens (including phenoxy) is 1. The summed E-state index contributed by atoms with van der Waals surface area (Å²) >= 11 is 0. The lowest BCUT2D eigenvalue weighted by Crippen LogP contribution is -2.45. The molecule has 0 saturated carbocycles. The molecular formula is C15H22N4O2. The van der Waals surface area contributed by atoms with Crippen LogP contribution in [0.4, 0.5) is 17.1 Å². The fourth-order valence-corrected chi connectivity index (χ4v) is 3.00. The molecule has 6 nitrogen and oxygen atoms in total. The van der Waals surface area contributed by atoms with E-state index in [0.717, 1.165) is 25.2 Å². The Hall–Kier alpha value is -1.95. The zero-order valence-electron chi connectivity index (χ0n) is 12.6. The predicted molar refractivity (Wildman–Crippen MR) is 83.9 cm³/mol. The summed E-state index contributed by atoms with van der Waals surface area (Å²) in [5, 5.41) is 2.84. The number of fused-ring (bicyclic) bond motifs is 1. The van der Waals surface area contributed by atoms with Gasteiger partial charge in [-0.15, -0.1) is 0 Å². The summed E-state index contributed by atoms with van der Waals surface area (Å²) in [7, 11) is 4.22. The van der Waals surface area contributed by atoms with Crippen LogP contribution in [0.15, 0.2) is 12.1 Å². The fourth-order valence-electron chi connectivity index (χ4n) is 3.00. The van der Waals surface area contributed by atoms with E-state index in [4.69, 9.17) is 10.5 Å². The number of hydrogen-bond acceptors (Lipinski definition) is 5. The number of nitrogen functional groups attached to an aromatic ring is 1.